The van der Waals surface area contributed by atoms with Gasteiger partial charge < -0.3 is 9.32 Å². The van der Waals surface area contributed by atoms with Crippen LogP contribution < -0.4 is 0 Å². The van der Waals surface area contributed by atoms with Gasteiger partial charge in [0, 0.05) is 18.3 Å². The van der Waals surface area contributed by atoms with Crippen LogP contribution in [0.5, 0.6) is 0 Å². The quantitative estimate of drug-likeness (QED) is 0.808. The first-order valence-corrected chi connectivity index (χ1v) is 6.25. The largest absolute Gasteiger partial charge is 0.420 e. The van der Waals surface area contributed by atoms with Gasteiger partial charge in [-0.3, -0.25) is 4.98 Å². The predicted molar refractivity (Wildman–Crippen MR) is 67.0 cm³/mol. The Hall–Kier alpha value is -1.75. The van der Waals surface area contributed by atoms with Crippen molar-refractivity contribution in [1.29, 1.82) is 0 Å². The summed E-state index contributed by atoms with van der Waals surface area (Å²) in [5.41, 5.74) is 0.879. The van der Waals surface area contributed by atoms with E-state index in [4.69, 9.17) is 4.42 Å². The van der Waals surface area contributed by atoms with Crippen molar-refractivity contribution in [3.05, 3.63) is 30.4 Å². The molecule has 0 N–H and O–H groups in total. The predicted octanol–water partition coefficient (Wildman–Crippen LogP) is 1.94. The highest BCUT2D eigenvalue weighted by atomic mass is 16.4. The van der Waals surface area contributed by atoms with Crippen molar-refractivity contribution < 1.29 is 4.42 Å². The summed E-state index contributed by atoms with van der Waals surface area (Å²) in [4.78, 5) is 6.39. The Morgan fingerprint density at radius 3 is 2.83 bits per heavy atom. The average molecular weight is 244 g/mol. The van der Waals surface area contributed by atoms with Gasteiger partial charge in [-0.2, -0.15) is 0 Å². The van der Waals surface area contributed by atoms with Crippen LogP contribution in [0.1, 0.15) is 24.7 Å². The van der Waals surface area contributed by atoms with Crippen LogP contribution in [-0.4, -0.2) is 40.2 Å². The fourth-order valence-electron chi connectivity index (χ4n) is 2.26. The second kappa shape index (κ2) is 4.86. The standard InChI is InChI=1S/C13H16N4O/c1-17-7-4-10(5-8-17)12-15-16-13(18-12)11-3-2-6-14-9-11/h2-3,6,9-10H,4-5,7-8H2,1H3. The Bertz CT molecular complexity index is 503. The third-order valence-corrected chi connectivity index (χ3v) is 3.42. The normalized spacial score (nSPS) is 18.1. The summed E-state index contributed by atoms with van der Waals surface area (Å²) in [6, 6.07) is 3.80. The summed E-state index contributed by atoms with van der Waals surface area (Å²) < 4.78 is 5.76. The zero-order valence-electron chi connectivity index (χ0n) is 10.4. The summed E-state index contributed by atoms with van der Waals surface area (Å²) in [6.07, 6.45) is 5.65. The van der Waals surface area contributed by atoms with Crippen LogP contribution in [0.3, 0.4) is 0 Å². The molecule has 0 aliphatic carbocycles. The van der Waals surface area contributed by atoms with Crippen molar-refractivity contribution in [3.8, 4) is 11.5 Å². The van der Waals surface area contributed by atoms with E-state index in [1.54, 1.807) is 12.4 Å². The number of hydrogen-bond acceptors (Lipinski definition) is 5. The van der Waals surface area contributed by atoms with Gasteiger partial charge in [-0.1, -0.05) is 0 Å². The first-order chi connectivity index (χ1) is 8.83. The molecule has 0 bridgehead atoms. The number of hydrogen-bond donors (Lipinski definition) is 0. The van der Waals surface area contributed by atoms with Gasteiger partial charge in [0.25, 0.3) is 0 Å². The van der Waals surface area contributed by atoms with E-state index in [0.717, 1.165) is 37.4 Å². The monoisotopic (exact) mass is 244 g/mol. The van der Waals surface area contributed by atoms with Gasteiger partial charge in [0.05, 0.1) is 5.56 Å². The molecule has 2 aromatic rings. The maximum atomic E-state index is 5.76. The summed E-state index contributed by atoms with van der Waals surface area (Å²) in [6.45, 7) is 2.19. The summed E-state index contributed by atoms with van der Waals surface area (Å²) in [5, 5.41) is 8.29. The summed E-state index contributed by atoms with van der Waals surface area (Å²) in [5.74, 6) is 1.73. The first kappa shape index (κ1) is 11.3. The molecule has 0 radical (unpaired) electrons. The minimum absolute atomic E-state index is 0.402. The molecule has 94 valence electrons. The summed E-state index contributed by atoms with van der Waals surface area (Å²) >= 11 is 0. The van der Waals surface area contributed by atoms with E-state index >= 15 is 0 Å². The maximum absolute atomic E-state index is 5.76. The van der Waals surface area contributed by atoms with Crippen LogP contribution in [0.4, 0.5) is 0 Å². The van der Waals surface area contributed by atoms with E-state index in [2.05, 4.69) is 27.1 Å². The molecule has 0 amide bonds. The van der Waals surface area contributed by atoms with Gasteiger partial charge in [0.1, 0.15) is 0 Å². The second-order valence-electron chi connectivity index (χ2n) is 4.76. The highest BCUT2D eigenvalue weighted by Crippen LogP contribution is 2.28. The highest BCUT2D eigenvalue weighted by molar-refractivity contribution is 5.49. The molecule has 3 rings (SSSR count). The number of nitrogens with zero attached hydrogens (tertiary/aromatic N) is 4. The number of piperidine rings is 1. The van der Waals surface area contributed by atoms with Crippen molar-refractivity contribution in [2.75, 3.05) is 20.1 Å². The molecule has 5 nitrogen and oxygen atoms in total. The molecule has 0 spiro atoms. The molecule has 0 unspecified atom stereocenters. The van der Waals surface area contributed by atoms with Crippen LogP contribution in [0.15, 0.2) is 28.9 Å². The number of pyridine rings is 1. The van der Waals surface area contributed by atoms with Crippen molar-refractivity contribution in [3.63, 3.8) is 0 Å². The van der Waals surface area contributed by atoms with Crippen LogP contribution in [-0.2, 0) is 0 Å². The van der Waals surface area contributed by atoms with Crippen molar-refractivity contribution in [1.82, 2.24) is 20.1 Å². The molecular weight excluding hydrogens is 228 g/mol. The van der Waals surface area contributed by atoms with E-state index < -0.39 is 0 Å². The van der Waals surface area contributed by atoms with E-state index in [0.29, 0.717) is 11.8 Å². The number of aromatic nitrogens is 3. The Balaban J connectivity index is 1.78. The van der Waals surface area contributed by atoms with E-state index in [9.17, 15) is 0 Å². The SMILES string of the molecule is CN1CCC(c2nnc(-c3cccnc3)o2)CC1. The van der Waals surface area contributed by atoms with Crippen LogP contribution in [0, 0.1) is 0 Å². The second-order valence-corrected chi connectivity index (χ2v) is 4.76. The molecule has 0 aromatic carbocycles. The lowest BCUT2D eigenvalue weighted by atomic mass is 9.97. The van der Waals surface area contributed by atoms with Gasteiger partial charge in [-0.15, -0.1) is 10.2 Å². The molecule has 1 fully saturated rings. The van der Waals surface area contributed by atoms with Crippen LogP contribution >= 0.6 is 0 Å². The Morgan fingerprint density at radius 1 is 1.28 bits per heavy atom. The van der Waals surface area contributed by atoms with Gasteiger partial charge in [0.15, 0.2) is 0 Å². The third-order valence-electron chi connectivity index (χ3n) is 3.42. The molecule has 3 heterocycles. The lowest BCUT2D eigenvalue weighted by molar-refractivity contribution is 0.237. The molecule has 0 saturated carbocycles. The van der Waals surface area contributed by atoms with E-state index in [1.807, 2.05) is 12.1 Å². The summed E-state index contributed by atoms with van der Waals surface area (Å²) in [7, 11) is 2.14. The first-order valence-electron chi connectivity index (χ1n) is 6.25. The molecule has 18 heavy (non-hydrogen) atoms. The van der Waals surface area contributed by atoms with Crippen molar-refractivity contribution >= 4 is 0 Å². The highest BCUT2D eigenvalue weighted by Gasteiger charge is 2.23. The lowest BCUT2D eigenvalue weighted by Gasteiger charge is -2.26. The fourth-order valence-corrected chi connectivity index (χ4v) is 2.26. The fraction of sp³-hybridized carbons (Fsp3) is 0.462. The van der Waals surface area contributed by atoms with Crippen molar-refractivity contribution in [2.24, 2.45) is 0 Å². The van der Waals surface area contributed by atoms with Crippen molar-refractivity contribution in [2.45, 2.75) is 18.8 Å². The zero-order chi connectivity index (χ0) is 12.4. The third kappa shape index (κ3) is 2.26. The maximum Gasteiger partial charge on any atom is 0.249 e. The molecule has 1 aliphatic heterocycles. The molecule has 2 aromatic heterocycles. The van der Waals surface area contributed by atoms with Crippen LogP contribution in [0.2, 0.25) is 0 Å². The van der Waals surface area contributed by atoms with Crippen LogP contribution in [0.25, 0.3) is 11.5 Å². The topological polar surface area (TPSA) is 55.1 Å². The average Bonchev–Trinajstić information content (AvgIpc) is 2.90. The molecule has 1 aliphatic rings. The Kier molecular flexibility index (Phi) is 3.06. The molecule has 0 atom stereocenters. The number of rotatable bonds is 2. The lowest BCUT2D eigenvalue weighted by Crippen LogP contribution is -2.29. The van der Waals surface area contributed by atoms with Gasteiger partial charge in [-0.05, 0) is 45.1 Å². The van der Waals surface area contributed by atoms with Gasteiger partial charge >= 0.3 is 0 Å². The molecule has 1 saturated heterocycles. The van der Waals surface area contributed by atoms with E-state index in [-0.39, 0.29) is 0 Å². The molecule has 5 heteroatoms. The Morgan fingerprint density at radius 2 is 2.11 bits per heavy atom. The zero-order valence-corrected chi connectivity index (χ0v) is 10.4. The van der Waals surface area contributed by atoms with Gasteiger partial charge in [0.2, 0.25) is 11.8 Å². The molecular formula is C13H16N4O. The minimum atomic E-state index is 0.402. The minimum Gasteiger partial charge on any atom is -0.420 e. The van der Waals surface area contributed by atoms with Gasteiger partial charge in [-0.25, -0.2) is 0 Å². The number of likely N-dealkylation sites (tertiary alicyclic amines) is 1. The van der Waals surface area contributed by atoms with E-state index in [1.165, 1.54) is 0 Å². The Labute approximate surface area is 106 Å². The smallest absolute Gasteiger partial charge is 0.249 e.